The number of nitrogens with one attached hydrogen (secondary N) is 2. The van der Waals surface area contributed by atoms with Crippen molar-refractivity contribution in [2.24, 2.45) is 0 Å². The molecule has 5 nitrogen and oxygen atoms in total. The minimum Gasteiger partial charge on any atom is -0.488 e. The predicted octanol–water partition coefficient (Wildman–Crippen LogP) is 5.64. The minimum absolute atomic E-state index is 0.156. The first-order chi connectivity index (χ1) is 13.6. The summed E-state index contributed by atoms with van der Waals surface area (Å²) in [5, 5.41) is 6.05. The molecule has 0 aliphatic heterocycles. The number of halogens is 1. The zero-order valence-electron chi connectivity index (χ0n) is 16.4. The molecule has 0 unspecified atom stereocenters. The molecule has 0 spiro atoms. The van der Waals surface area contributed by atoms with Crippen LogP contribution < -0.4 is 15.4 Å². The van der Waals surface area contributed by atoms with Crippen molar-refractivity contribution in [2.45, 2.75) is 52.2 Å². The number of hydrogen-bond acceptors (Lipinski definition) is 4. The van der Waals surface area contributed by atoms with E-state index in [1.54, 1.807) is 26.0 Å². The molecule has 0 saturated heterocycles. The molecule has 3 rings (SSSR count). The van der Waals surface area contributed by atoms with Gasteiger partial charge in [-0.25, -0.2) is 9.18 Å². The van der Waals surface area contributed by atoms with Crippen molar-refractivity contribution in [3.05, 3.63) is 53.3 Å². The van der Waals surface area contributed by atoms with Crippen LogP contribution in [0.3, 0.4) is 0 Å². The van der Waals surface area contributed by atoms with Gasteiger partial charge in [0.05, 0.1) is 18.4 Å². The molecule has 0 radical (unpaired) electrons. The Bertz CT molecular complexity index is 819. The number of anilines is 2. The Labute approximate surface area is 165 Å². The molecule has 1 amide bonds. The summed E-state index contributed by atoms with van der Waals surface area (Å²) in [6, 6.07) is 10.6. The number of ether oxygens (including phenoxy) is 2. The van der Waals surface area contributed by atoms with Crippen molar-refractivity contribution in [3.8, 4) is 5.75 Å². The van der Waals surface area contributed by atoms with Crippen molar-refractivity contribution in [1.29, 1.82) is 0 Å². The highest BCUT2D eigenvalue weighted by molar-refractivity contribution is 5.87. The van der Waals surface area contributed by atoms with Crippen LogP contribution in [0.4, 0.5) is 20.6 Å². The summed E-state index contributed by atoms with van der Waals surface area (Å²) in [4.78, 5) is 11.8. The molecule has 1 saturated carbocycles. The van der Waals surface area contributed by atoms with Crippen LogP contribution >= 0.6 is 0 Å². The van der Waals surface area contributed by atoms with E-state index in [1.165, 1.54) is 6.07 Å². The Balaban J connectivity index is 1.75. The molecule has 28 heavy (non-hydrogen) atoms. The van der Waals surface area contributed by atoms with Crippen LogP contribution in [-0.4, -0.2) is 18.8 Å². The van der Waals surface area contributed by atoms with Crippen molar-refractivity contribution in [3.63, 3.8) is 0 Å². The second-order valence-corrected chi connectivity index (χ2v) is 6.96. The van der Waals surface area contributed by atoms with Gasteiger partial charge in [0.25, 0.3) is 0 Å². The Morgan fingerprint density at radius 1 is 1.21 bits per heavy atom. The van der Waals surface area contributed by atoms with Crippen LogP contribution in [0.2, 0.25) is 0 Å². The third kappa shape index (κ3) is 5.15. The lowest BCUT2D eigenvalue weighted by atomic mass is 10.1. The molecule has 0 heterocycles. The first-order valence-corrected chi connectivity index (χ1v) is 9.79. The molecule has 0 atom stereocenters. The van der Waals surface area contributed by atoms with E-state index in [0.717, 1.165) is 36.9 Å². The number of hydrogen-bond donors (Lipinski definition) is 2. The van der Waals surface area contributed by atoms with Gasteiger partial charge in [-0.15, -0.1) is 0 Å². The fourth-order valence-electron chi connectivity index (χ4n) is 3.34. The van der Waals surface area contributed by atoms with Gasteiger partial charge in [0, 0.05) is 18.3 Å². The summed E-state index contributed by atoms with van der Waals surface area (Å²) < 4.78 is 24.9. The van der Waals surface area contributed by atoms with Gasteiger partial charge in [0.1, 0.15) is 11.6 Å². The number of amides is 1. The zero-order valence-corrected chi connectivity index (χ0v) is 16.4. The molecule has 1 aliphatic carbocycles. The van der Waals surface area contributed by atoms with Gasteiger partial charge in [0.15, 0.2) is 0 Å². The van der Waals surface area contributed by atoms with E-state index >= 15 is 0 Å². The van der Waals surface area contributed by atoms with Crippen LogP contribution in [0, 0.1) is 12.7 Å². The molecule has 6 heteroatoms. The first-order valence-electron chi connectivity index (χ1n) is 9.79. The van der Waals surface area contributed by atoms with E-state index in [1.807, 2.05) is 18.2 Å². The van der Waals surface area contributed by atoms with Gasteiger partial charge in [-0.1, -0.05) is 12.1 Å². The number of carbonyl (C=O) groups excluding carboxylic acids is 1. The van der Waals surface area contributed by atoms with Crippen molar-refractivity contribution in [2.75, 3.05) is 17.2 Å². The van der Waals surface area contributed by atoms with Gasteiger partial charge in [-0.3, -0.25) is 5.32 Å². The zero-order chi connectivity index (χ0) is 19.9. The molecule has 1 aliphatic rings. The Kier molecular flexibility index (Phi) is 6.74. The third-order valence-electron chi connectivity index (χ3n) is 4.95. The quantitative estimate of drug-likeness (QED) is 0.647. The molecule has 1 fully saturated rings. The summed E-state index contributed by atoms with van der Waals surface area (Å²) >= 11 is 0. The highest BCUT2D eigenvalue weighted by Crippen LogP contribution is 2.33. The first kappa shape index (κ1) is 20.0. The van der Waals surface area contributed by atoms with E-state index in [2.05, 4.69) is 10.6 Å². The van der Waals surface area contributed by atoms with Crippen LogP contribution in [-0.2, 0) is 11.3 Å². The van der Waals surface area contributed by atoms with E-state index < -0.39 is 6.09 Å². The smallest absolute Gasteiger partial charge is 0.411 e. The van der Waals surface area contributed by atoms with Crippen LogP contribution in [0.5, 0.6) is 5.75 Å². The second-order valence-electron chi connectivity index (χ2n) is 6.96. The maximum absolute atomic E-state index is 13.7. The lowest BCUT2D eigenvalue weighted by Crippen LogP contribution is -2.17. The number of rotatable bonds is 7. The largest absolute Gasteiger partial charge is 0.488 e. The van der Waals surface area contributed by atoms with Crippen LogP contribution in [0.25, 0.3) is 0 Å². The molecular weight excluding hydrogens is 359 g/mol. The minimum atomic E-state index is -0.505. The Hall–Kier alpha value is -2.76. The third-order valence-corrected chi connectivity index (χ3v) is 4.95. The van der Waals surface area contributed by atoms with E-state index in [4.69, 9.17) is 9.47 Å². The highest BCUT2D eigenvalue weighted by atomic mass is 19.1. The summed E-state index contributed by atoms with van der Waals surface area (Å²) in [5.74, 6) is 0.402. The van der Waals surface area contributed by atoms with Gasteiger partial charge in [0.2, 0.25) is 0 Å². The summed E-state index contributed by atoms with van der Waals surface area (Å²) in [7, 11) is 0. The van der Waals surface area contributed by atoms with Crippen molar-refractivity contribution in [1.82, 2.24) is 0 Å². The maximum Gasteiger partial charge on any atom is 0.411 e. The lowest BCUT2D eigenvalue weighted by Gasteiger charge is -2.18. The molecule has 2 aromatic rings. The van der Waals surface area contributed by atoms with Gasteiger partial charge in [-0.05, 0) is 68.9 Å². The summed E-state index contributed by atoms with van der Waals surface area (Å²) in [6.07, 6.45) is 3.99. The maximum atomic E-state index is 13.7. The monoisotopic (exact) mass is 386 g/mol. The van der Waals surface area contributed by atoms with Gasteiger partial charge >= 0.3 is 6.09 Å². The van der Waals surface area contributed by atoms with E-state index in [0.29, 0.717) is 30.2 Å². The number of benzene rings is 2. The van der Waals surface area contributed by atoms with Crippen LogP contribution in [0.1, 0.15) is 43.7 Å². The lowest BCUT2D eigenvalue weighted by molar-refractivity contribution is 0.167. The van der Waals surface area contributed by atoms with Crippen molar-refractivity contribution >= 4 is 17.5 Å². The van der Waals surface area contributed by atoms with Gasteiger partial charge in [-0.2, -0.15) is 0 Å². The molecule has 2 aromatic carbocycles. The van der Waals surface area contributed by atoms with Crippen LogP contribution in [0.15, 0.2) is 36.4 Å². The predicted molar refractivity (Wildman–Crippen MR) is 108 cm³/mol. The second kappa shape index (κ2) is 9.44. The average molecular weight is 386 g/mol. The number of carbonyl (C=O) groups is 1. The van der Waals surface area contributed by atoms with Gasteiger partial charge < -0.3 is 14.8 Å². The Morgan fingerprint density at radius 2 is 2.00 bits per heavy atom. The topological polar surface area (TPSA) is 59.6 Å². The normalized spacial score (nSPS) is 14.0. The van der Waals surface area contributed by atoms with Crippen molar-refractivity contribution < 1.29 is 18.7 Å². The van der Waals surface area contributed by atoms with E-state index in [9.17, 15) is 9.18 Å². The fourth-order valence-corrected chi connectivity index (χ4v) is 3.34. The molecule has 150 valence electrons. The fraction of sp³-hybridized carbons (Fsp3) is 0.409. The average Bonchev–Trinajstić information content (AvgIpc) is 3.18. The standard InChI is InChI=1S/C22H27FN2O3/c1-3-27-22(26)25-20-12-11-17(13-21(20)28-18-8-4-5-9-18)24-14-16-7-6-10-19(23)15(16)2/h6-7,10-13,18,24H,3-5,8-9,14H2,1-2H3,(H,25,26). The molecule has 0 aromatic heterocycles. The summed E-state index contributed by atoms with van der Waals surface area (Å²) in [6.45, 7) is 4.33. The molecule has 0 bridgehead atoms. The highest BCUT2D eigenvalue weighted by Gasteiger charge is 2.19. The SMILES string of the molecule is CCOC(=O)Nc1ccc(NCc2cccc(F)c2C)cc1OC1CCCC1. The van der Waals surface area contributed by atoms with E-state index in [-0.39, 0.29) is 11.9 Å². The summed E-state index contributed by atoms with van der Waals surface area (Å²) in [5.41, 5.74) is 2.95. The molecular formula is C22H27FN2O3. The Morgan fingerprint density at radius 3 is 2.75 bits per heavy atom. The molecule has 2 N–H and O–H groups in total.